The SMILES string of the molecule is CC(NC(=O)C(N)Cc1ccccc1)C(=O)NC(CCC(N)=O)C(=O)NC(CO)C(=O)O. The molecule has 1 aromatic carbocycles. The highest BCUT2D eigenvalue weighted by molar-refractivity contribution is 5.94. The molecule has 0 radical (unpaired) electrons. The van der Waals surface area contributed by atoms with E-state index in [1.807, 2.05) is 18.2 Å². The second-order valence-corrected chi connectivity index (χ2v) is 7.17. The number of hydrogen-bond donors (Lipinski definition) is 7. The Hall–Kier alpha value is -3.51. The van der Waals surface area contributed by atoms with Gasteiger partial charge in [0.2, 0.25) is 23.6 Å². The molecule has 0 aliphatic rings. The number of carboxylic acid groups (broad SMARTS) is 1. The second-order valence-electron chi connectivity index (χ2n) is 7.17. The Kier molecular flexibility index (Phi) is 10.8. The summed E-state index contributed by atoms with van der Waals surface area (Å²) in [5, 5.41) is 24.9. The van der Waals surface area contributed by atoms with E-state index in [1.54, 1.807) is 12.1 Å². The van der Waals surface area contributed by atoms with Crippen molar-refractivity contribution in [2.45, 2.75) is 50.4 Å². The quantitative estimate of drug-likeness (QED) is 0.168. The number of benzene rings is 1. The van der Waals surface area contributed by atoms with Crippen LogP contribution in [0, 0.1) is 0 Å². The summed E-state index contributed by atoms with van der Waals surface area (Å²) >= 11 is 0. The van der Waals surface area contributed by atoms with Crippen molar-refractivity contribution >= 4 is 29.6 Å². The van der Waals surface area contributed by atoms with Gasteiger partial charge >= 0.3 is 5.97 Å². The van der Waals surface area contributed by atoms with Crippen LogP contribution in [0.15, 0.2) is 30.3 Å². The molecule has 4 amide bonds. The van der Waals surface area contributed by atoms with Gasteiger partial charge in [0, 0.05) is 6.42 Å². The Morgan fingerprint density at radius 3 is 2.06 bits per heavy atom. The van der Waals surface area contributed by atoms with E-state index in [-0.39, 0.29) is 19.3 Å². The lowest BCUT2D eigenvalue weighted by Crippen LogP contribution is -2.57. The van der Waals surface area contributed by atoms with Gasteiger partial charge < -0.3 is 37.6 Å². The zero-order chi connectivity index (χ0) is 24.3. The molecule has 0 aromatic heterocycles. The molecule has 0 heterocycles. The molecular formula is C20H29N5O7. The number of nitrogens with one attached hydrogen (secondary N) is 3. The van der Waals surface area contributed by atoms with Crippen LogP contribution in [0.25, 0.3) is 0 Å². The fraction of sp³-hybridized carbons (Fsp3) is 0.450. The van der Waals surface area contributed by atoms with Crippen molar-refractivity contribution in [3.05, 3.63) is 35.9 Å². The lowest BCUT2D eigenvalue weighted by Gasteiger charge is -2.23. The Balaban J connectivity index is 2.73. The van der Waals surface area contributed by atoms with E-state index in [2.05, 4.69) is 16.0 Å². The van der Waals surface area contributed by atoms with Crippen LogP contribution in [-0.4, -0.2) is 70.6 Å². The highest BCUT2D eigenvalue weighted by Gasteiger charge is 2.28. The third-order valence-electron chi connectivity index (χ3n) is 4.50. The zero-order valence-electron chi connectivity index (χ0n) is 17.6. The number of aliphatic carboxylic acids is 1. The Morgan fingerprint density at radius 2 is 1.53 bits per heavy atom. The second kappa shape index (κ2) is 13.0. The molecule has 0 saturated heterocycles. The van der Waals surface area contributed by atoms with Gasteiger partial charge in [-0.25, -0.2) is 4.79 Å². The number of primary amides is 1. The summed E-state index contributed by atoms with van der Waals surface area (Å²) < 4.78 is 0. The predicted molar refractivity (Wildman–Crippen MR) is 113 cm³/mol. The van der Waals surface area contributed by atoms with Crippen LogP contribution < -0.4 is 27.4 Å². The van der Waals surface area contributed by atoms with Crippen molar-refractivity contribution in [1.29, 1.82) is 0 Å². The average molecular weight is 451 g/mol. The van der Waals surface area contributed by atoms with Crippen molar-refractivity contribution < 1.29 is 34.2 Å². The summed E-state index contributed by atoms with van der Waals surface area (Å²) in [7, 11) is 0. The normalized spacial score (nSPS) is 14.3. The van der Waals surface area contributed by atoms with Gasteiger partial charge in [-0.05, 0) is 25.3 Å². The average Bonchev–Trinajstić information content (AvgIpc) is 2.74. The smallest absolute Gasteiger partial charge is 0.328 e. The fourth-order valence-corrected chi connectivity index (χ4v) is 2.66. The summed E-state index contributed by atoms with van der Waals surface area (Å²) in [6, 6.07) is 4.14. The summed E-state index contributed by atoms with van der Waals surface area (Å²) in [4.78, 5) is 59.2. The van der Waals surface area contributed by atoms with Crippen LogP contribution in [-0.2, 0) is 30.4 Å². The Morgan fingerprint density at radius 1 is 0.938 bits per heavy atom. The van der Waals surface area contributed by atoms with Crippen LogP contribution in [0.3, 0.4) is 0 Å². The van der Waals surface area contributed by atoms with E-state index < -0.39 is 60.4 Å². The molecule has 4 unspecified atom stereocenters. The number of amides is 4. The number of aliphatic hydroxyl groups excluding tert-OH is 1. The van der Waals surface area contributed by atoms with Gasteiger partial charge in [-0.2, -0.15) is 0 Å². The molecule has 0 spiro atoms. The monoisotopic (exact) mass is 451 g/mol. The third kappa shape index (κ3) is 9.10. The van der Waals surface area contributed by atoms with Crippen molar-refractivity contribution in [3.63, 3.8) is 0 Å². The largest absolute Gasteiger partial charge is 0.480 e. The number of aliphatic hydroxyl groups is 1. The van der Waals surface area contributed by atoms with Crippen molar-refractivity contribution in [1.82, 2.24) is 16.0 Å². The number of carbonyl (C=O) groups excluding carboxylic acids is 4. The topological polar surface area (TPSA) is 214 Å². The summed E-state index contributed by atoms with van der Waals surface area (Å²) in [5.74, 6) is -4.48. The lowest BCUT2D eigenvalue weighted by atomic mass is 10.1. The van der Waals surface area contributed by atoms with E-state index in [9.17, 15) is 24.0 Å². The van der Waals surface area contributed by atoms with Crippen LogP contribution in [0.5, 0.6) is 0 Å². The zero-order valence-corrected chi connectivity index (χ0v) is 17.6. The summed E-state index contributed by atoms with van der Waals surface area (Å²) in [6.45, 7) is 0.503. The molecular weight excluding hydrogens is 422 g/mol. The molecule has 12 heteroatoms. The van der Waals surface area contributed by atoms with Gasteiger partial charge in [0.25, 0.3) is 0 Å². The van der Waals surface area contributed by atoms with Crippen LogP contribution in [0.1, 0.15) is 25.3 Å². The molecule has 1 rings (SSSR count). The molecule has 176 valence electrons. The molecule has 0 saturated carbocycles. The predicted octanol–water partition coefficient (Wildman–Crippen LogP) is -2.63. The minimum Gasteiger partial charge on any atom is -0.480 e. The molecule has 0 bridgehead atoms. The maximum Gasteiger partial charge on any atom is 0.328 e. The molecule has 32 heavy (non-hydrogen) atoms. The highest BCUT2D eigenvalue weighted by Crippen LogP contribution is 2.03. The van der Waals surface area contributed by atoms with E-state index in [0.717, 1.165) is 5.56 Å². The minimum atomic E-state index is -1.59. The number of rotatable bonds is 13. The number of hydrogen-bond acceptors (Lipinski definition) is 7. The maximum atomic E-state index is 12.5. The Bertz CT molecular complexity index is 818. The number of carbonyl (C=O) groups is 5. The van der Waals surface area contributed by atoms with Gasteiger partial charge in [-0.3, -0.25) is 19.2 Å². The first kappa shape index (κ1) is 26.5. The molecule has 9 N–H and O–H groups in total. The summed E-state index contributed by atoms with van der Waals surface area (Å²) in [6.07, 6.45) is -0.223. The van der Waals surface area contributed by atoms with Gasteiger partial charge in [-0.15, -0.1) is 0 Å². The van der Waals surface area contributed by atoms with Crippen molar-refractivity contribution in [3.8, 4) is 0 Å². The molecule has 0 aliphatic carbocycles. The summed E-state index contributed by atoms with van der Waals surface area (Å²) in [5.41, 5.74) is 11.8. The van der Waals surface area contributed by atoms with E-state index >= 15 is 0 Å². The number of carboxylic acids is 1. The first-order valence-electron chi connectivity index (χ1n) is 9.87. The molecule has 1 aromatic rings. The minimum absolute atomic E-state index is 0.209. The fourth-order valence-electron chi connectivity index (χ4n) is 2.66. The van der Waals surface area contributed by atoms with E-state index in [1.165, 1.54) is 6.92 Å². The molecule has 0 aliphatic heterocycles. The lowest BCUT2D eigenvalue weighted by molar-refractivity contribution is -0.143. The van der Waals surface area contributed by atoms with Crippen LogP contribution in [0.4, 0.5) is 0 Å². The first-order chi connectivity index (χ1) is 15.0. The van der Waals surface area contributed by atoms with Gasteiger partial charge in [0.05, 0.1) is 12.6 Å². The van der Waals surface area contributed by atoms with Gasteiger partial charge in [-0.1, -0.05) is 30.3 Å². The standard InChI is InChI=1S/C20H29N5O7/c1-11(23-18(29)13(21)9-12-5-3-2-4-6-12)17(28)24-14(7-8-16(22)27)19(30)25-15(10-26)20(31)32/h2-6,11,13-15,26H,7-10,21H2,1H3,(H2,22,27)(H,23,29)(H,24,28)(H,25,30)(H,31,32). The van der Waals surface area contributed by atoms with Crippen molar-refractivity contribution in [2.75, 3.05) is 6.61 Å². The molecule has 0 fully saturated rings. The van der Waals surface area contributed by atoms with Crippen LogP contribution >= 0.6 is 0 Å². The van der Waals surface area contributed by atoms with Gasteiger partial charge in [0.1, 0.15) is 18.1 Å². The van der Waals surface area contributed by atoms with Crippen LogP contribution in [0.2, 0.25) is 0 Å². The maximum absolute atomic E-state index is 12.5. The highest BCUT2D eigenvalue weighted by atomic mass is 16.4. The van der Waals surface area contributed by atoms with E-state index in [4.69, 9.17) is 21.7 Å². The first-order valence-corrected chi connectivity index (χ1v) is 9.87. The Labute approximate surface area is 184 Å². The van der Waals surface area contributed by atoms with E-state index in [0.29, 0.717) is 0 Å². The molecule has 12 nitrogen and oxygen atoms in total. The van der Waals surface area contributed by atoms with Crippen molar-refractivity contribution in [2.24, 2.45) is 11.5 Å². The molecule has 4 atom stereocenters. The van der Waals surface area contributed by atoms with Gasteiger partial charge in [0.15, 0.2) is 0 Å². The third-order valence-corrected chi connectivity index (χ3v) is 4.50. The number of nitrogens with two attached hydrogens (primary N) is 2.